The number of hydrogen-bond donors (Lipinski definition) is 2. The highest BCUT2D eigenvalue weighted by molar-refractivity contribution is 6.30. The second-order valence-corrected chi connectivity index (χ2v) is 6.19. The van der Waals surface area contributed by atoms with Crippen molar-refractivity contribution in [3.05, 3.63) is 34.9 Å². The largest absolute Gasteiger partial charge is 0.354 e. The first kappa shape index (κ1) is 15.6. The molecule has 1 amide bonds. The zero-order chi connectivity index (χ0) is 13.4. The minimum atomic E-state index is 0. The van der Waals surface area contributed by atoms with Gasteiger partial charge in [0.05, 0.1) is 0 Å². The van der Waals surface area contributed by atoms with Gasteiger partial charge in [0.15, 0.2) is 0 Å². The Morgan fingerprint density at radius 1 is 1.45 bits per heavy atom. The van der Waals surface area contributed by atoms with Gasteiger partial charge in [-0.25, -0.2) is 0 Å². The Labute approximate surface area is 130 Å². The van der Waals surface area contributed by atoms with Crippen LogP contribution in [0.1, 0.15) is 30.7 Å². The molecule has 2 aliphatic rings. The van der Waals surface area contributed by atoms with Crippen molar-refractivity contribution in [3.8, 4) is 0 Å². The molecule has 20 heavy (non-hydrogen) atoms. The van der Waals surface area contributed by atoms with Gasteiger partial charge in [0.1, 0.15) is 0 Å². The molecule has 0 spiro atoms. The van der Waals surface area contributed by atoms with Crippen LogP contribution in [0.5, 0.6) is 0 Å². The fraction of sp³-hybridized carbons (Fsp3) is 0.533. The van der Waals surface area contributed by atoms with Crippen LogP contribution in [0.25, 0.3) is 0 Å². The minimum Gasteiger partial charge on any atom is -0.354 e. The van der Waals surface area contributed by atoms with E-state index in [1.165, 1.54) is 18.4 Å². The lowest BCUT2D eigenvalue weighted by Gasteiger charge is -2.11. The molecule has 3 nitrogen and oxygen atoms in total. The maximum absolute atomic E-state index is 12.0. The van der Waals surface area contributed by atoms with Crippen LogP contribution < -0.4 is 11.1 Å². The molecular formula is C15H20Cl2N2O. The van der Waals surface area contributed by atoms with Gasteiger partial charge in [0, 0.05) is 23.5 Å². The molecule has 3 N–H and O–H groups in total. The quantitative estimate of drug-likeness (QED) is 0.878. The molecule has 110 valence electrons. The number of halogens is 2. The molecule has 0 aromatic heterocycles. The molecule has 0 saturated heterocycles. The summed E-state index contributed by atoms with van der Waals surface area (Å²) >= 11 is 5.97. The SMILES string of the molecule is Cl.NC(CNC(=O)C1CC1c1cccc(Cl)c1)C1CC1. The molecule has 0 bridgehead atoms. The van der Waals surface area contributed by atoms with Gasteiger partial charge in [-0.15, -0.1) is 12.4 Å². The molecule has 3 rings (SSSR count). The van der Waals surface area contributed by atoms with E-state index in [0.717, 1.165) is 11.4 Å². The summed E-state index contributed by atoms with van der Waals surface area (Å²) in [6.07, 6.45) is 3.35. The fourth-order valence-corrected chi connectivity index (χ4v) is 2.83. The predicted octanol–water partition coefficient (Wildman–Crippen LogP) is 2.72. The number of rotatable bonds is 5. The van der Waals surface area contributed by atoms with Crippen molar-refractivity contribution in [1.29, 1.82) is 0 Å². The summed E-state index contributed by atoms with van der Waals surface area (Å²) in [6, 6.07) is 7.92. The highest BCUT2D eigenvalue weighted by Gasteiger charge is 2.44. The van der Waals surface area contributed by atoms with Crippen molar-refractivity contribution in [1.82, 2.24) is 5.32 Å². The molecule has 0 aliphatic heterocycles. The standard InChI is InChI=1S/C15H19ClN2O.ClH/c16-11-3-1-2-10(6-11)12-7-13(12)15(19)18-8-14(17)9-4-5-9;/h1-3,6,9,12-14H,4-5,7-8,17H2,(H,18,19);1H. The molecule has 2 aliphatic carbocycles. The maximum Gasteiger partial charge on any atom is 0.223 e. The summed E-state index contributed by atoms with van der Waals surface area (Å²) in [5, 5.41) is 3.72. The number of amides is 1. The van der Waals surface area contributed by atoms with Crippen molar-refractivity contribution in [2.24, 2.45) is 17.6 Å². The molecule has 1 aromatic carbocycles. The van der Waals surface area contributed by atoms with E-state index in [0.29, 0.717) is 18.4 Å². The summed E-state index contributed by atoms with van der Waals surface area (Å²) in [5.74, 6) is 1.20. The highest BCUT2D eigenvalue weighted by Crippen LogP contribution is 2.47. The van der Waals surface area contributed by atoms with Gasteiger partial charge in [-0.1, -0.05) is 23.7 Å². The number of hydrogen-bond acceptors (Lipinski definition) is 2. The summed E-state index contributed by atoms with van der Waals surface area (Å²) in [5.41, 5.74) is 7.15. The normalized spacial score (nSPS) is 25.5. The Morgan fingerprint density at radius 3 is 2.85 bits per heavy atom. The van der Waals surface area contributed by atoms with Crippen LogP contribution in [0.15, 0.2) is 24.3 Å². The van der Waals surface area contributed by atoms with Gasteiger partial charge in [0.25, 0.3) is 0 Å². The average molecular weight is 315 g/mol. The summed E-state index contributed by atoms with van der Waals surface area (Å²) in [6.45, 7) is 0.613. The zero-order valence-electron chi connectivity index (χ0n) is 11.2. The zero-order valence-corrected chi connectivity index (χ0v) is 12.8. The molecule has 2 saturated carbocycles. The van der Waals surface area contributed by atoms with Crippen LogP contribution in [0.4, 0.5) is 0 Å². The Kier molecular flexibility index (Phi) is 4.95. The first-order chi connectivity index (χ1) is 9.15. The van der Waals surface area contributed by atoms with Crippen molar-refractivity contribution >= 4 is 29.9 Å². The first-order valence-corrected chi connectivity index (χ1v) is 7.31. The van der Waals surface area contributed by atoms with Gasteiger partial charge in [-0.05, 0) is 48.8 Å². The number of carbonyl (C=O) groups is 1. The van der Waals surface area contributed by atoms with E-state index >= 15 is 0 Å². The average Bonchev–Trinajstić information content (AvgIpc) is 3.28. The molecule has 1 aromatic rings. The van der Waals surface area contributed by atoms with Gasteiger partial charge in [-0.3, -0.25) is 4.79 Å². The van der Waals surface area contributed by atoms with Crippen molar-refractivity contribution < 1.29 is 4.79 Å². The van der Waals surface area contributed by atoms with Crippen LogP contribution in [0.3, 0.4) is 0 Å². The van der Waals surface area contributed by atoms with E-state index in [-0.39, 0.29) is 30.3 Å². The molecule has 3 atom stereocenters. The Bertz CT molecular complexity index is 491. The van der Waals surface area contributed by atoms with Crippen molar-refractivity contribution in [2.45, 2.75) is 31.2 Å². The maximum atomic E-state index is 12.0. The van der Waals surface area contributed by atoms with Crippen molar-refractivity contribution in [2.75, 3.05) is 6.54 Å². The molecule has 3 unspecified atom stereocenters. The first-order valence-electron chi connectivity index (χ1n) is 6.94. The van der Waals surface area contributed by atoms with Crippen molar-refractivity contribution in [3.63, 3.8) is 0 Å². The smallest absolute Gasteiger partial charge is 0.223 e. The van der Waals surface area contributed by atoms with Gasteiger partial charge in [-0.2, -0.15) is 0 Å². The third-order valence-corrected chi connectivity index (χ3v) is 4.38. The van der Waals surface area contributed by atoms with Gasteiger partial charge < -0.3 is 11.1 Å². The molecular weight excluding hydrogens is 295 g/mol. The van der Waals surface area contributed by atoms with Crippen LogP contribution in [-0.2, 0) is 4.79 Å². The summed E-state index contributed by atoms with van der Waals surface area (Å²) < 4.78 is 0. The predicted molar refractivity (Wildman–Crippen MR) is 83.3 cm³/mol. The van der Waals surface area contributed by atoms with Crippen LogP contribution in [0, 0.1) is 11.8 Å². The van der Waals surface area contributed by atoms with Crippen LogP contribution in [-0.4, -0.2) is 18.5 Å². The van der Waals surface area contributed by atoms with E-state index < -0.39 is 0 Å². The molecule has 5 heteroatoms. The lowest BCUT2D eigenvalue weighted by Crippen LogP contribution is -2.39. The number of nitrogens with one attached hydrogen (secondary N) is 1. The number of benzene rings is 1. The summed E-state index contributed by atoms with van der Waals surface area (Å²) in [4.78, 5) is 12.0. The topological polar surface area (TPSA) is 55.1 Å². The Hall–Kier alpha value is -0.770. The van der Waals surface area contributed by atoms with Gasteiger partial charge in [0.2, 0.25) is 5.91 Å². The Morgan fingerprint density at radius 2 is 2.20 bits per heavy atom. The third kappa shape index (κ3) is 3.66. The fourth-order valence-electron chi connectivity index (χ4n) is 2.63. The lowest BCUT2D eigenvalue weighted by atomic mass is 10.1. The Balaban J connectivity index is 0.00000147. The molecule has 0 radical (unpaired) electrons. The number of carbonyl (C=O) groups excluding carboxylic acids is 1. The van der Waals surface area contributed by atoms with E-state index in [1.807, 2.05) is 24.3 Å². The van der Waals surface area contributed by atoms with Gasteiger partial charge >= 0.3 is 0 Å². The molecule has 2 fully saturated rings. The third-order valence-electron chi connectivity index (χ3n) is 4.14. The van der Waals surface area contributed by atoms with Crippen LogP contribution in [0.2, 0.25) is 5.02 Å². The van der Waals surface area contributed by atoms with Crippen LogP contribution >= 0.6 is 24.0 Å². The number of nitrogens with two attached hydrogens (primary N) is 1. The van der Waals surface area contributed by atoms with E-state index in [2.05, 4.69) is 5.32 Å². The lowest BCUT2D eigenvalue weighted by molar-refractivity contribution is -0.122. The second-order valence-electron chi connectivity index (χ2n) is 5.75. The highest BCUT2D eigenvalue weighted by atomic mass is 35.5. The monoisotopic (exact) mass is 314 g/mol. The summed E-state index contributed by atoms with van der Waals surface area (Å²) in [7, 11) is 0. The minimum absolute atomic E-state index is 0. The van der Waals surface area contributed by atoms with E-state index in [1.54, 1.807) is 0 Å². The second kappa shape index (κ2) is 6.33. The van der Waals surface area contributed by atoms with E-state index in [4.69, 9.17) is 17.3 Å². The molecule has 0 heterocycles. The van der Waals surface area contributed by atoms with E-state index in [9.17, 15) is 4.79 Å².